The molecule has 3 heterocycles. The molecule has 4 rings (SSSR count). The second kappa shape index (κ2) is 5.74. The van der Waals surface area contributed by atoms with Crippen LogP contribution in [-0.2, 0) is 6.18 Å². The highest BCUT2D eigenvalue weighted by Gasteiger charge is 2.47. The van der Waals surface area contributed by atoms with Gasteiger partial charge in [0, 0.05) is 37.9 Å². The van der Waals surface area contributed by atoms with E-state index in [4.69, 9.17) is 0 Å². The minimum absolute atomic E-state index is 0.107. The van der Waals surface area contributed by atoms with Crippen LogP contribution in [0.15, 0.2) is 12.3 Å². The number of aliphatic hydroxyl groups is 1. The molecule has 0 aromatic carbocycles. The van der Waals surface area contributed by atoms with Gasteiger partial charge < -0.3 is 14.9 Å². The van der Waals surface area contributed by atoms with E-state index >= 15 is 0 Å². The lowest BCUT2D eigenvalue weighted by molar-refractivity contribution is -0.137. The molecule has 8 heteroatoms. The maximum Gasteiger partial charge on any atom is 0.417 e. The Bertz CT molecular complexity index is 662. The number of anilines is 2. The van der Waals surface area contributed by atoms with Crippen LogP contribution in [-0.4, -0.2) is 59.0 Å². The van der Waals surface area contributed by atoms with Gasteiger partial charge in [-0.05, 0) is 32.8 Å². The third-order valence-corrected chi connectivity index (χ3v) is 5.47. The molecule has 0 radical (unpaired) electrons. The molecule has 2 atom stereocenters. The fraction of sp³-hybridized carbons (Fsp3) is 0.706. The first-order valence-electron chi connectivity index (χ1n) is 8.81. The normalized spacial score (nSPS) is 27.5. The number of fused-ring (bicyclic) bond motifs is 3. The zero-order chi connectivity index (χ0) is 17.9. The Balaban J connectivity index is 1.75. The SMILES string of the molecule is CC(C)N1CCN2c3ncc(C(F)(F)F)cc3N(C3CC3)C(O)C2C1. The highest BCUT2D eigenvalue weighted by atomic mass is 19.4. The minimum Gasteiger partial charge on any atom is -0.371 e. The molecule has 2 fully saturated rings. The molecular formula is C17H23F3N4O. The third-order valence-electron chi connectivity index (χ3n) is 5.47. The fourth-order valence-corrected chi connectivity index (χ4v) is 3.92. The average molecular weight is 356 g/mol. The number of halogens is 3. The van der Waals surface area contributed by atoms with Crippen LogP contribution in [0.5, 0.6) is 0 Å². The van der Waals surface area contributed by atoms with Gasteiger partial charge in [0.25, 0.3) is 0 Å². The van der Waals surface area contributed by atoms with Crippen molar-refractivity contribution in [2.24, 2.45) is 0 Å². The third kappa shape index (κ3) is 2.85. The first-order chi connectivity index (χ1) is 11.8. The summed E-state index contributed by atoms with van der Waals surface area (Å²) in [4.78, 5) is 10.2. The van der Waals surface area contributed by atoms with Gasteiger partial charge in [-0.2, -0.15) is 13.2 Å². The van der Waals surface area contributed by atoms with Gasteiger partial charge in [0.05, 0.1) is 17.3 Å². The molecule has 1 aliphatic carbocycles. The van der Waals surface area contributed by atoms with Crippen LogP contribution in [0.3, 0.4) is 0 Å². The van der Waals surface area contributed by atoms with Crippen LogP contribution < -0.4 is 9.80 Å². The van der Waals surface area contributed by atoms with Gasteiger partial charge in [0.15, 0.2) is 5.82 Å². The molecule has 5 nitrogen and oxygen atoms in total. The van der Waals surface area contributed by atoms with Crippen LogP contribution in [0.2, 0.25) is 0 Å². The summed E-state index contributed by atoms with van der Waals surface area (Å²) in [5.41, 5.74) is -0.345. The summed E-state index contributed by atoms with van der Waals surface area (Å²) in [6.45, 7) is 6.39. The Hall–Kier alpha value is -1.54. The summed E-state index contributed by atoms with van der Waals surface area (Å²) >= 11 is 0. The van der Waals surface area contributed by atoms with Crippen LogP contribution in [0.25, 0.3) is 0 Å². The zero-order valence-corrected chi connectivity index (χ0v) is 14.4. The van der Waals surface area contributed by atoms with Crippen molar-refractivity contribution >= 4 is 11.5 Å². The summed E-state index contributed by atoms with van der Waals surface area (Å²) in [5, 5.41) is 11.0. The Labute approximate surface area is 145 Å². The summed E-state index contributed by atoms with van der Waals surface area (Å²) in [6, 6.07) is 1.45. The van der Waals surface area contributed by atoms with E-state index in [-0.39, 0.29) is 12.1 Å². The molecule has 1 N–H and O–H groups in total. The molecule has 0 bridgehead atoms. The molecule has 1 aromatic heterocycles. The lowest BCUT2D eigenvalue weighted by atomic mass is 10.0. The number of nitrogens with zero attached hydrogens (tertiary/aromatic N) is 4. The number of aliphatic hydroxyl groups excluding tert-OH is 1. The van der Waals surface area contributed by atoms with Crippen molar-refractivity contribution in [3.63, 3.8) is 0 Å². The molecule has 3 aliphatic rings. The summed E-state index contributed by atoms with van der Waals surface area (Å²) in [7, 11) is 0. The Morgan fingerprint density at radius 1 is 1.24 bits per heavy atom. The number of hydrogen-bond donors (Lipinski definition) is 1. The van der Waals surface area contributed by atoms with Gasteiger partial charge in [0.2, 0.25) is 0 Å². The summed E-state index contributed by atoms with van der Waals surface area (Å²) in [5.74, 6) is 0.568. The maximum absolute atomic E-state index is 13.1. The zero-order valence-electron chi connectivity index (χ0n) is 14.4. The topological polar surface area (TPSA) is 42.8 Å². The molecule has 1 saturated heterocycles. The molecule has 25 heavy (non-hydrogen) atoms. The van der Waals surface area contributed by atoms with Gasteiger partial charge in [-0.1, -0.05) is 0 Å². The number of aromatic nitrogens is 1. The lowest BCUT2D eigenvalue weighted by Crippen LogP contribution is -2.66. The van der Waals surface area contributed by atoms with Crippen molar-refractivity contribution < 1.29 is 18.3 Å². The second-order valence-corrected chi connectivity index (χ2v) is 7.47. The van der Waals surface area contributed by atoms with Crippen molar-refractivity contribution in [2.75, 3.05) is 29.4 Å². The van der Waals surface area contributed by atoms with Gasteiger partial charge >= 0.3 is 6.18 Å². The average Bonchev–Trinajstić information content (AvgIpc) is 3.38. The lowest BCUT2D eigenvalue weighted by Gasteiger charge is -2.52. The van der Waals surface area contributed by atoms with Crippen LogP contribution in [0.1, 0.15) is 32.3 Å². The maximum atomic E-state index is 13.1. The molecule has 0 spiro atoms. The van der Waals surface area contributed by atoms with Gasteiger partial charge in [-0.3, -0.25) is 4.90 Å². The van der Waals surface area contributed by atoms with Gasteiger partial charge in [-0.15, -0.1) is 0 Å². The fourth-order valence-electron chi connectivity index (χ4n) is 3.92. The smallest absolute Gasteiger partial charge is 0.371 e. The van der Waals surface area contributed by atoms with Crippen LogP contribution >= 0.6 is 0 Å². The number of pyridine rings is 1. The van der Waals surface area contributed by atoms with Gasteiger partial charge in [-0.25, -0.2) is 4.98 Å². The van der Waals surface area contributed by atoms with Crippen LogP contribution in [0, 0.1) is 0 Å². The predicted octanol–water partition coefficient (Wildman–Crippen LogP) is 2.30. The monoisotopic (exact) mass is 356 g/mol. The van der Waals surface area contributed by atoms with E-state index in [1.807, 2.05) is 4.90 Å². The van der Waals surface area contributed by atoms with E-state index in [0.717, 1.165) is 31.6 Å². The van der Waals surface area contributed by atoms with E-state index in [0.29, 0.717) is 30.6 Å². The van der Waals surface area contributed by atoms with E-state index in [1.54, 1.807) is 4.90 Å². The molecule has 1 aromatic rings. The van der Waals surface area contributed by atoms with Crippen molar-refractivity contribution in [2.45, 2.75) is 57.2 Å². The Morgan fingerprint density at radius 3 is 2.56 bits per heavy atom. The first-order valence-corrected chi connectivity index (χ1v) is 8.81. The van der Waals surface area contributed by atoms with Crippen molar-refractivity contribution in [3.05, 3.63) is 17.8 Å². The quantitative estimate of drug-likeness (QED) is 0.881. The molecule has 1 saturated carbocycles. The highest BCUT2D eigenvalue weighted by molar-refractivity contribution is 5.73. The van der Waals surface area contributed by atoms with E-state index < -0.39 is 18.0 Å². The molecule has 2 aliphatic heterocycles. The Morgan fingerprint density at radius 2 is 1.96 bits per heavy atom. The van der Waals surface area contributed by atoms with Crippen molar-refractivity contribution in [3.8, 4) is 0 Å². The Kier molecular flexibility index (Phi) is 3.88. The van der Waals surface area contributed by atoms with E-state index in [1.165, 1.54) is 0 Å². The number of rotatable bonds is 2. The standard InChI is InChI=1S/C17H23F3N4O/c1-10(2)22-5-6-23-14(9-22)16(25)24(12-3-4-12)13-7-11(17(18,19)20)8-21-15(13)23/h7-8,10,12,14,16,25H,3-6,9H2,1-2H3. The largest absolute Gasteiger partial charge is 0.417 e. The van der Waals surface area contributed by atoms with Gasteiger partial charge in [0.1, 0.15) is 6.23 Å². The van der Waals surface area contributed by atoms with E-state index in [9.17, 15) is 18.3 Å². The van der Waals surface area contributed by atoms with E-state index in [2.05, 4.69) is 23.7 Å². The molecule has 2 unspecified atom stereocenters. The summed E-state index contributed by atoms with van der Waals surface area (Å²) in [6.07, 6.45) is -2.55. The molecular weight excluding hydrogens is 333 g/mol. The molecule has 0 amide bonds. The number of piperazine rings is 1. The number of alkyl halides is 3. The minimum atomic E-state index is -4.44. The molecule has 138 valence electrons. The van der Waals surface area contributed by atoms with Crippen LogP contribution in [0.4, 0.5) is 24.7 Å². The first kappa shape index (κ1) is 16.9. The highest BCUT2D eigenvalue weighted by Crippen LogP contribution is 2.45. The number of hydrogen-bond acceptors (Lipinski definition) is 5. The van der Waals surface area contributed by atoms with Crippen molar-refractivity contribution in [1.82, 2.24) is 9.88 Å². The predicted molar refractivity (Wildman–Crippen MR) is 88.6 cm³/mol. The second-order valence-electron chi connectivity index (χ2n) is 7.47. The van der Waals surface area contributed by atoms with Crippen molar-refractivity contribution in [1.29, 1.82) is 0 Å². The summed E-state index contributed by atoms with van der Waals surface area (Å²) < 4.78 is 39.4.